The third kappa shape index (κ3) is 10.4. The minimum absolute atomic E-state index is 0.0136. The lowest BCUT2D eigenvalue weighted by Crippen LogP contribution is -2.61. The first-order chi connectivity index (χ1) is 57.2. The summed E-state index contributed by atoms with van der Waals surface area (Å²) in [6, 6.07) is 110. The SMILES string of the molecule is [2H]c1c([2H])c([2H])c2c(c1[2H])c1c([2H])c([2H])c([2H])c([2H])c1n2-c1cc2c3c(c1)N(c1c(-c4ccccc4)cc(C(C)(C)C)cc1-c1ccccc1)c1cc(-c4cccc(C(C)(C)C)c4)ccc1B3c1ccc(-n3c4ccccc4c4cc(-n5c6ccccc6c6ccccc65)ccc43)cc1N2c1cc(-c2ccccc2)cc(-c2ccccc2)c1. The topological polar surface area (TPSA) is 21.3 Å². The molecule has 0 fully saturated rings. The molecular weight excluding hydrogens is 1330 g/mol. The highest BCUT2D eigenvalue weighted by Crippen LogP contribution is 2.54. The van der Waals surface area contributed by atoms with Gasteiger partial charge < -0.3 is 23.5 Å². The number of para-hydroxylation sites is 5. The molecule has 0 amide bonds. The average molecular weight is 1420 g/mol. The molecule has 0 saturated heterocycles. The number of anilines is 6. The van der Waals surface area contributed by atoms with Crippen molar-refractivity contribution in [2.24, 2.45) is 0 Å². The first-order valence-corrected chi connectivity index (χ1v) is 37.9. The summed E-state index contributed by atoms with van der Waals surface area (Å²) >= 11 is 0. The van der Waals surface area contributed by atoms with Crippen molar-refractivity contribution in [3.8, 4) is 72.7 Å². The van der Waals surface area contributed by atoms with Crippen molar-refractivity contribution in [3.05, 3.63) is 375 Å². The van der Waals surface area contributed by atoms with Gasteiger partial charge in [-0.25, -0.2) is 0 Å². The van der Waals surface area contributed by atoms with Crippen molar-refractivity contribution in [3.63, 3.8) is 0 Å². The number of fused-ring (bicyclic) bond motifs is 13. The summed E-state index contributed by atoms with van der Waals surface area (Å²) in [7, 11) is 0. The van der Waals surface area contributed by atoms with Gasteiger partial charge in [-0.3, -0.25) is 0 Å². The first-order valence-electron chi connectivity index (χ1n) is 41.9. The van der Waals surface area contributed by atoms with Crippen molar-refractivity contribution < 1.29 is 11.0 Å². The van der Waals surface area contributed by atoms with Crippen molar-refractivity contribution in [2.45, 2.75) is 52.4 Å². The van der Waals surface area contributed by atoms with E-state index in [2.05, 4.69) is 364 Å². The van der Waals surface area contributed by atoms with E-state index in [-0.39, 0.29) is 32.6 Å². The van der Waals surface area contributed by atoms with Crippen molar-refractivity contribution in [1.29, 1.82) is 0 Å². The van der Waals surface area contributed by atoms with E-state index in [0.717, 1.165) is 156 Å². The fourth-order valence-corrected chi connectivity index (χ4v) is 17.7. The van der Waals surface area contributed by atoms with Crippen LogP contribution in [0.1, 0.15) is 63.6 Å². The van der Waals surface area contributed by atoms with Crippen molar-refractivity contribution in [2.75, 3.05) is 9.80 Å². The van der Waals surface area contributed by atoms with Crippen LogP contribution in [0, 0.1) is 0 Å². The summed E-state index contributed by atoms with van der Waals surface area (Å²) in [5.74, 6) is 0. The van der Waals surface area contributed by atoms with Crippen LogP contribution < -0.4 is 26.2 Å². The van der Waals surface area contributed by atoms with E-state index in [1.165, 1.54) is 16.3 Å². The largest absolute Gasteiger partial charge is 0.311 e. The van der Waals surface area contributed by atoms with E-state index in [0.29, 0.717) is 5.69 Å². The predicted octanol–water partition coefficient (Wildman–Crippen LogP) is 26.0. The molecule has 0 radical (unpaired) electrons. The van der Waals surface area contributed by atoms with E-state index in [4.69, 9.17) is 0 Å². The molecule has 21 rings (SSSR count). The molecule has 0 aliphatic carbocycles. The smallest absolute Gasteiger partial charge is 0.252 e. The molecule has 0 spiro atoms. The van der Waals surface area contributed by atoms with Crippen LogP contribution >= 0.6 is 0 Å². The van der Waals surface area contributed by atoms with Gasteiger partial charge in [0.2, 0.25) is 0 Å². The molecule has 522 valence electrons. The van der Waals surface area contributed by atoms with Crippen LogP contribution in [0.2, 0.25) is 0 Å². The zero-order valence-corrected chi connectivity index (χ0v) is 61.8. The molecule has 0 N–H and O–H groups in total. The van der Waals surface area contributed by atoms with E-state index in [1.54, 1.807) is 4.57 Å². The lowest BCUT2D eigenvalue weighted by Gasteiger charge is -2.45. The second-order valence-electron chi connectivity index (χ2n) is 31.5. The van der Waals surface area contributed by atoms with Gasteiger partial charge in [0.1, 0.15) is 0 Å². The van der Waals surface area contributed by atoms with Crippen LogP contribution in [-0.4, -0.2) is 20.4 Å². The van der Waals surface area contributed by atoms with Crippen LogP contribution in [0.5, 0.6) is 0 Å². The van der Waals surface area contributed by atoms with Gasteiger partial charge in [-0.1, -0.05) is 296 Å². The highest BCUT2D eigenvalue weighted by atomic mass is 15.2. The van der Waals surface area contributed by atoms with E-state index in [1.807, 2.05) is 12.1 Å². The Morgan fingerprint density at radius 3 is 1.22 bits per heavy atom. The van der Waals surface area contributed by atoms with E-state index >= 15 is 0 Å². The zero-order valence-electron chi connectivity index (χ0n) is 69.8. The van der Waals surface area contributed by atoms with Crippen molar-refractivity contribution >= 4 is 123 Å². The lowest BCUT2D eigenvalue weighted by atomic mass is 9.33. The van der Waals surface area contributed by atoms with Gasteiger partial charge in [0, 0.05) is 83.3 Å². The molecule has 2 aliphatic heterocycles. The second-order valence-corrected chi connectivity index (χ2v) is 31.5. The molecule has 6 heteroatoms. The summed E-state index contributed by atoms with van der Waals surface area (Å²) in [5, 5.41) is 4.51. The maximum atomic E-state index is 10.2. The van der Waals surface area contributed by atoms with E-state index in [9.17, 15) is 11.0 Å². The Bertz CT molecular complexity index is 7200. The molecule has 0 saturated carbocycles. The molecular formula is C104H78BN5. The Balaban J connectivity index is 0.947. The zero-order chi connectivity index (χ0) is 80.6. The van der Waals surface area contributed by atoms with Crippen LogP contribution in [0.25, 0.3) is 138 Å². The van der Waals surface area contributed by atoms with Gasteiger partial charge in [0.25, 0.3) is 6.71 Å². The Morgan fingerprint density at radius 2 is 0.673 bits per heavy atom. The minimum atomic E-state index is -0.527. The molecule has 5 heterocycles. The van der Waals surface area contributed by atoms with Crippen LogP contribution in [-0.2, 0) is 10.8 Å². The fourth-order valence-electron chi connectivity index (χ4n) is 17.7. The normalized spacial score (nSPS) is 13.8. The van der Waals surface area contributed by atoms with Gasteiger partial charge >= 0.3 is 0 Å². The van der Waals surface area contributed by atoms with Crippen LogP contribution in [0.3, 0.4) is 0 Å². The lowest BCUT2D eigenvalue weighted by molar-refractivity contribution is 0.590. The molecule has 19 aromatic rings. The summed E-state index contributed by atoms with van der Waals surface area (Å²) in [4.78, 5) is 4.86. The third-order valence-electron chi connectivity index (χ3n) is 22.9. The standard InChI is InChI=1S/C104H78BN5/c1-103(2,3)75-39-29-38-71(57-75)72-50-53-89-97(60-72)110(102-86(69-34-15-9-16-35-69)61-76(104(4,5)6)62-87(102)70-36-17-10-18-37-70)100-66-80(108-93-47-26-21-42-83(93)84-43-22-27-48-94(84)108)65-99-101(100)105(89)90-54-51-78(64-98(90)109(99)79-58-73(67-30-11-7-12-31-67)56-74(59-79)68-32-13-8-14-33-68)107-95-49-28-23-44-85(95)88-63-77(52-55-96(88)107)106-91-45-24-19-40-81(91)82-41-20-25-46-92(82)106/h7-66H,1-6H3/i21D,22D,26D,27D,42D,43D,47D,48D. The summed E-state index contributed by atoms with van der Waals surface area (Å²) in [5.41, 5.74) is 26.2. The summed E-state index contributed by atoms with van der Waals surface area (Å²) in [6.07, 6.45) is 0. The number of hydrogen-bond acceptors (Lipinski definition) is 2. The Kier molecular flexibility index (Phi) is 13.0. The highest BCUT2D eigenvalue weighted by Gasteiger charge is 2.46. The van der Waals surface area contributed by atoms with Crippen LogP contribution in [0.4, 0.5) is 34.1 Å². The molecule has 0 atom stereocenters. The monoisotopic (exact) mass is 1420 g/mol. The van der Waals surface area contributed by atoms with Gasteiger partial charge in [0.15, 0.2) is 0 Å². The van der Waals surface area contributed by atoms with Gasteiger partial charge in [-0.2, -0.15) is 0 Å². The highest BCUT2D eigenvalue weighted by molar-refractivity contribution is 7.00. The van der Waals surface area contributed by atoms with Gasteiger partial charge in [-0.15, -0.1) is 0 Å². The maximum Gasteiger partial charge on any atom is 0.252 e. The summed E-state index contributed by atoms with van der Waals surface area (Å²) in [6.45, 7) is 13.0. The number of benzene rings is 16. The number of rotatable bonds is 10. The molecule has 0 unspecified atom stereocenters. The molecule has 16 aromatic carbocycles. The third-order valence-corrected chi connectivity index (χ3v) is 22.9. The first kappa shape index (κ1) is 56.9. The Morgan fingerprint density at radius 1 is 0.255 bits per heavy atom. The van der Waals surface area contributed by atoms with Gasteiger partial charge in [-0.05, 0) is 192 Å². The van der Waals surface area contributed by atoms with Crippen LogP contribution in [0.15, 0.2) is 364 Å². The fraction of sp³-hybridized carbons (Fsp3) is 0.0769. The number of aromatic nitrogens is 3. The molecule has 2 aliphatic rings. The molecule has 0 bridgehead atoms. The van der Waals surface area contributed by atoms with Gasteiger partial charge in [0.05, 0.1) is 55.4 Å². The number of hydrogen-bond donors (Lipinski definition) is 0. The quantitative estimate of drug-likeness (QED) is 0.127. The molecule has 110 heavy (non-hydrogen) atoms. The van der Waals surface area contributed by atoms with Crippen molar-refractivity contribution in [1.82, 2.24) is 13.7 Å². The Labute approximate surface area is 653 Å². The Hall–Kier alpha value is -13.4. The maximum absolute atomic E-state index is 10.2. The second kappa shape index (κ2) is 25.1. The predicted molar refractivity (Wildman–Crippen MR) is 468 cm³/mol. The minimum Gasteiger partial charge on any atom is -0.311 e. The molecule has 5 nitrogen and oxygen atoms in total. The van der Waals surface area contributed by atoms with E-state index < -0.39 is 55.1 Å². The number of nitrogens with zero attached hydrogens (tertiary/aromatic N) is 5. The molecule has 3 aromatic heterocycles. The summed E-state index contributed by atoms with van der Waals surface area (Å²) < 4.78 is 84.5. The average Bonchev–Trinajstić information content (AvgIpc) is 1.27.